The van der Waals surface area contributed by atoms with Gasteiger partial charge in [0.25, 0.3) is 0 Å². The number of nitrogens with one attached hydrogen (secondary N) is 1. The van der Waals surface area contributed by atoms with E-state index < -0.39 is 0 Å². The van der Waals surface area contributed by atoms with Crippen molar-refractivity contribution in [2.24, 2.45) is 5.73 Å². The number of hydrogen-bond acceptors (Lipinski definition) is 2. The first kappa shape index (κ1) is 12.6. The minimum Gasteiger partial charge on any atom is -0.384 e. The summed E-state index contributed by atoms with van der Waals surface area (Å²) in [7, 11) is 0. The average molecular weight is 260 g/mol. The Morgan fingerprint density at radius 1 is 1.17 bits per heavy atom. The van der Waals surface area contributed by atoms with Gasteiger partial charge in [0.1, 0.15) is 11.7 Å². The number of hydrogen-bond donors (Lipinski definition) is 2. The topological polar surface area (TPSA) is 49.9 Å². The Kier molecular flexibility index (Phi) is 3.67. The Bertz CT molecular complexity index is 579. The molecular formula is C14H13FN2S. The molecule has 0 bridgehead atoms. The molecule has 0 aliphatic heterocycles. The Balaban J connectivity index is 2.34. The maximum absolute atomic E-state index is 13.1. The molecule has 0 atom stereocenters. The zero-order valence-electron chi connectivity index (χ0n) is 9.91. The van der Waals surface area contributed by atoms with Crippen LogP contribution in [0.3, 0.4) is 0 Å². The van der Waals surface area contributed by atoms with Crippen molar-refractivity contribution in [3.05, 3.63) is 59.4 Å². The molecule has 0 radical (unpaired) electrons. The molecule has 0 aliphatic carbocycles. The van der Waals surface area contributed by atoms with Crippen LogP contribution in [0.1, 0.15) is 11.1 Å². The van der Waals surface area contributed by atoms with Crippen LogP contribution in [-0.2, 0) is 0 Å². The molecule has 0 amide bonds. The summed E-state index contributed by atoms with van der Waals surface area (Å²) in [6.45, 7) is 2.02. The summed E-state index contributed by atoms with van der Waals surface area (Å²) >= 11 is 1.47. The smallest absolute Gasteiger partial charge is 0.124 e. The number of halogens is 1. The highest BCUT2D eigenvalue weighted by molar-refractivity contribution is 7.99. The summed E-state index contributed by atoms with van der Waals surface area (Å²) in [6, 6.07) is 12.3. The molecule has 2 aromatic rings. The van der Waals surface area contributed by atoms with Crippen LogP contribution in [0.15, 0.2) is 52.3 Å². The van der Waals surface area contributed by atoms with E-state index in [0.29, 0.717) is 5.56 Å². The molecule has 2 nitrogen and oxygen atoms in total. The van der Waals surface area contributed by atoms with Crippen molar-refractivity contribution >= 4 is 17.6 Å². The highest BCUT2D eigenvalue weighted by atomic mass is 32.2. The SMILES string of the molecule is Cc1ccc(Sc2ccc(F)cc2C(=N)N)cc1. The summed E-state index contributed by atoms with van der Waals surface area (Å²) in [5, 5.41) is 7.47. The molecule has 0 spiro atoms. The van der Waals surface area contributed by atoms with Crippen molar-refractivity contribution in [2.75, 3.05) is 0 Å². The number of aryl methyl sites for hydroxylation is 1. The summed E-state index contributed by atoms with van der Waals surface area (Å²) in [5.74, 6) is -0.502. The minimum atomic E-state index is -0.381. The first-order chi connectivity index (χ1) is 8.56. The van der Waals surface area contributed by atoms with Crippen LogP contribution in [0, 0.1) is 18.2 Å². The molecule has 2 aromatic carbocycles. The van der Waals surface area contributed by atoms with Gasteiger partial charge in [0.05, 0.1) is 0 Å². The van der Waals surface area contributed by atoms with E-state index in [4.69, 9.17) is 11.1 Å². The highest BCUT2D eigenvalue weighted by Crippen LogP contribution is 2.30. The molecule has 3 N–H and O–H groups in total. The van der Waals surface area contributed by atoms with Crippen LogP contribution in [0.5, 0.6) is 0 Å². The molecule has 0 fully saturated rings. The molecule has 0 saturated carbocycles. The van der Waals surface area contributed by atoms with Gasteiger partial charge in [0.2, 0.25) is 0 Å². The first-order valence-electron chi connectivity index (χ1n) is 5.45. The van der Waals surface area contributed by atoms with E-state index in [9.17, 15) is 4.39 Å². The van der Waals surface area contributed by atoms with Gasteiger partial charge < -0.3 is 5.73 Å². The largest absolute Gasteiger partial charge is 0.384 e. The van der Waals surface area contributed by atoms with Gasteiger partial charge in [0.15, 0.2) is 0 Å². The van der Waals surface area contributed by atoms with E-state index >= 15 is 0 Å². The lowest BCUT2D eigenvalue weighted by Gasteiger charge is -2.08. The first-order valence-corrected chi connectivity index (χ1v) is 6.26. The van der Waals surface area contributed by atoms with E-state index in [1.54, 1.807) is 6.07 Å². The Morgan fingerprint density at radius 3 is 2.44 bits per heavy atom. The third-order valence-electron chi connectivity index (χ3n) is 2.48. The average Bonchev–Trinajstić information content (AvgIpc) is 2.34. The number of benzene rings is 2. The van der Waals surface area contributed by atoms with Crippen LogP contribution in [0.25, 0.3) is 0 Å². The van der Waals surface area contributed by atoms with E-state index in [1.807, 2.05) is 31.2 Å². The van der Waals surface area contributed by atoms with Crippen LogP contribution in [0.2, 0.25) is 0 Å². The minimum absolute atomic E-state index is 0.121. The monoisotopic (exact) mass is 260 g/mol. The highest BCUT2D eigenvalue weighted by Gasteiger charge is 2.08. The van der Waals surface area contributed by atoms with E-state index in [2.05, 4.69) is 0 Å². The fraction of sp³-hybridized carbons (Fsp3) is 0.0714. The maximum atomic E-state index is 13.1. The summed E-state index contributed by atoms with van der Waals surface area (Å²) in [5.41, 5.74) is 7.08. The van der Waals surface area contributed by atoms with Crippen molar-refractivity contribution in [1.29, 1.82) is 5.41 Å². The quantitative estimate of drug-likeness (QED) is 0.654. The molecule has 0 unspecified atom stereocenters. The summed E-state index contributed by atoms with van der Waals surface area (Å²) in [6.07, 6.45) is 0. The van der Waals surface area contributed by atoms with Gasteiger partial charge in [0, 0.05) is 15.4 Å². The number of nitrogens with two attached hydrogens (primary N) is 1. The van der Waals surface area contributed by atoms with Gasteiger partial charge in [-0.05, 0) is 37.3 Å². The lowest BCUT2D eigenvalue weighted by atomic mass is 10.2. The van der Waals surface area contributed by atoms with Gasteiger partial charge in [-0.15, -0.1) is 0 Å². The van der Waals surface area contributed by atoms with Crippen LogP contribution < -0.4 is 5.73 Å². The summed E-state index contributed by atoms with van der Waals surface area (Å²) in [4.78, 5) is 1.82. The zero-order chi connectivity index (χ0) is 13.1. The van der Waals surface area contributed by atoms with Gasteiger partial charge in [-0.1, -0.05) is 29.5 Å². The van der Waals surface area contributed by atoms with Gasteiger partial charge >= 0.3 is 0 Å². The number of nitrogen functional groups attached to an aromatic ring is 1. The third kappa shape index (κ3) is 2.90. The van der Waals surface area contributed by atoms with Crippen molar-refractivity contribution in [2.45, 2.75) is 16.7 Å². The second-order valence-electron chi connectivity index (χ2n) is 3.97. The molecule has 0 saturated heterocycles. The van der Waals surface area contributed by atoms with Gasteiger partial charge in [-0.2, -0.15) is 0 Å². The second kappa shape index (κ2) is 5.23. The second-order valence-corrected chi connectivity index (χ2v) is 5.08. The van der Waals surface area contributed by atoms with E-state index in [0.717, 1.165) is 9.79 Å². The Labute approximate surface area is 110 Å². The third-order valence-corrected chi connectivity index (χ3v) is 3.56. The predicted octanol–water partition coefficient (Wildman–Crippen LogP) is 3.57. The van der Waals surface area contributed by atoms with E-state index in [-0.39, 0.29) is 11.7 Å². The molecule has 0 aliphatic rings. The Morgan fingerprint density at radius 2 is 1.83 bits per heavy atom. The van der Waals surface area contributed by atoms with Gasteiger partial charge in [-0.25, -0.2) is 4.39 Å². The van der Waals surface area contributed by atoms with Crippen LogP contribution in [-0.4, -0.2) is 5.84 Å². The van der Waals surface area contributed by atoms with Crippen molar-refractivity contribution in [1.82, 2.24) is 0 Å². The summed E-state index contributed by atoms with van der Waals surface area (Å²) < 4.78 is 13.1. The molecule has 18 heavy (non-hydrogen) atoms. The predicted molar refractivity (Wildman–Crippen MR) is 72.7 cm³/mol. The van der Waals surface area contributed by atoms with Crippen molar-refractivity contribution in [3.63, 3.8) is 0 Å². The lowest BCUT2D eigenvalue weighted by Crippen LogP contribution is -2.12. The Hall–Kier alpha value is -1.81. The standard InChI is InChI=1S/C14H13FN2S/c1-9-2-5-11(6-3-9)18-13-7-4-10(15)8-12(13)14(16)17/h2-8H,1H3,(H3,16,17). The van der Waals surface area contributed by atoms with Crippen LogP contribution in [0.4, 0.5) is 4.39 Å². The molecule has 4 heteroatoms. The molecule has 2 rings (SSSR count). The van der Waals surface area contributed by atoms with Crippen LogP contribution >= 0.6 is 11.8 Å². The molecule has 92 valence electrons. The van der Waals surface area contributed by atoms with Crippen molar-refractivity contribution in [3.8, 4) is 0 Å². The zero-order valence-corrected chi connectivity index (χ0v) is 10.7. The normalized spacial score (nSPS) is 10.3. The van der Waals surface area contributed by atoms with Crippen molar-refractivity contribution < 1.29 is 4.39 Å². The van der Waals surface area contributed by atoms with E-state index in [1.165, 1.54) is 29.5 Å². The lowest BCUT2D eigenvalue weighted by molar-refractivity contribution is 0.626. The number of amidine groups is 1. The fourth-order valence-corrected chi connectivity index (χ4v) is 2.48. The maximum Gasteiger partial charge on any atom is 0.124 e. The van der Waals surface area contributed by atoms with Gasteiger partial charge in [-0.3, -0.25) is 5.41 Å². The fourth-order valence-electron chi connectivity index (χ4n) is 1.53. The molecule has 0 heterocycles. The molecule has 0 aromatic heterocycles. The number of rotatable bonds is 3. The molecular weight excluding hydrogens is 247 g/mol.